The van der Waals surface area contributed by atoms with Gasteiger partial charge in [0.1, 0.15) is 0 Å². The number of ether oxygens (including phenoxy) is 1. The lowest BCUT2D eigenvalue weighted by atomic mass is 10.5. The zero-order valence-electron chi connectivity index (χ0n) is 4.64. The van der Waals surface area contributed by atoms with Gasteiger partial charge in [0.05, 0.1) is 16.0 Å². The minimum atomic E-state index is 0.227. The molecule has 0 bridgehead atoms. The van der Waals surface area contributed by atoms with Crippen LogP contribution in [0.4, 0.5) is 0 Å². The van der Waals surface area contributed by atoms with Crippen LogP contribution in [-0.4, -0.2) is 16.0 Å². The van der Waals surface area contributed by atoms with Crippen molar-refractivity contribution in [1.82, 2.24) is 0 Å². The van der Waals surface area contributed by atoms with E-state index in [1.54, 1.807) is 6.26 Å². The van der Waals surface area contributed by atoms with Gasteiger partial charge in [0.25, 0.3) is 6.26 Å². The first-order chi connectivity index (χ1) is 3.31. The van der Waals surface area contributed by atoms with Crippen LogP contribution in [0.5, 0.6) is 0 Å². The van der Waals surface area contributed by atoms with Crippen molar-refractivity contribution in [2.75, 3.05) is 0 Å². The van der Waals surface area contributed by atoms with Gasteiger partial charge in [0.15, 0.2) is 0 Å². The van der Waals surface area contributed by atoms with Gasteiger partial charge >= 0.3 is 0 Å². The van der Waals surface area contributed by atoms with Crippen molar-refractivity contribution in [3.8, 4) is 6.26 Å². The van der Waals surface area contributed by atoms with E-state index in [0.717, 1.165) is 16.7 Å². The third kappa shape index (κ3) is 3.33. The maximum Gasteiger partial charge on any atom is 0.286 e. The second-order valence-corrected chi connectivity index (χ2v) is 2.72. The predicted molar refractivity (Wildman–Crippen MR) is 30.7 cm³/mol. The summed E-state index contributed by atoms with van der Waals surface area (Å²) in [6, 6.07) is 0. The molecule has 0 radical (unpaired) electrons. The molecule has 0 aromatic heterocycles. The van der Waals surface area contributed by atoms with E-state index in [0.29, 0.717) is 0 Å². The molecule has 0 saturated carbocycles. The topological polar surface area (TPSA) is 33.0 Å². The summed E-state index contributed by atoms with van der Waals surface area (Å²) in [4.78, 5) is 0. The van der Waals surface area contributed by atoms with Crippen molar-refractivity contribution in [1.29, 1.82) is 5.26 Å². The minimum Gasteiger partial charge on any atom is -0.429 e. The zero-order valence-corrected chi connectivity index (χ0v) is 6.64. The highest BCUT2D eigenvalue weighted by Crippen LogP contribution is 1.87. The molecular formula is C4H9NOSi. The number of nitrogens with zero attached hydrogens (tertiary/aromatic N) is 1. The number of nitriles is 1. The third-order valence-corrected chi connectivity index (χ3v) is 1.88. The largest absolute Gasteiger partial charge is 0.429 e. The van der Waals surface area contributed by atoms with Crippen molar-refractivity contribution < 1.29 is 4.74 Å². The molecule has 0 spiro atoms. The Labute approximate surface area is 46.5 Å². The van der Waals surface area contributed by atoms with E-state index in [1.165, 1.54) is 0 Å². The quantitative estimate of drug-likeness (QED) is 0.362. The SMILES string of the molecule is CCC([SiH3])OC#N. The minimum absolute atomic E-state index is 0.227. The molecule has 0 aliphatic heterocycles. The molecule has 3 heteroatoms. The third-order valence-electron chi connectivity index (χ3n) is 0.829. The maximum absolute atomic E-state index is 7.92. The molecule has 0 aliphatic carbocycles. The van der Waals surface area contributed by atoms with Gasteiger partial charge in [-0.1, -0.05) is 6.92 Å². The van der Waals surface area contributed by atoms with E-state index in [9.17, 15) is 0 Å². The van der Waals surface area contributed by atoms with E-state index < -0.39 is 0 Å². The van der Waals surface area contributed by atoms with Gasteiger partial charge in [-0.25, -0.2) is 0 Å². The smallest absolute Gasteiger partial charge is 0.286 e. The molecule has 7 heavy (non-hydrogen) atoms. The van der Waals surface area contributed by atoms with Gasteiger partial charge in [-0.15, -0.1) is 0 Å². The standard InChI is InChI=1S/C4H9NOSi/c1-2-4(7)6-3-5/h4H,2H2,1,7H3. The molecule has 0 fully saturated rings. The van der Waals surface area contributed by atoms with E-state index >= 15 is 0 Å². The van der Waals surface area contributed by atoms with Gasteiger partial charge in [-0.2, -0.15) is 5.26 Å². The molecule has 40 valence electrons. The summed E-state index contributed by atoms with van der Waals surface area (Å²) < 4.78 is 4.56. The van der Waals surface area contributed by atoms with E-state index in [-0.39, 0.29) is 5.73 Å². The Morgan fingerprint density at radius 2 is 2.57 bits per heavy atom. The molecule has 0 aromatic rings. The van der Waals surface area contributed by atoms with E-state index in [4.69, 9.17) is 5.26 Å². The fourth-order valence-corrected chi connectivity index (χ4v) is 0.279. The Morgan fingerprint density at radius 1 is 2.00 bits per heavy atom. The summed E-state index contributed by atoms with van der Waals surface area (Å²) in [5.74, 6) is 0. The monoisotopic (exact) mass is 115 g/mol. The maximum atomic E-state index is 7.92. The van der Waals surface area contributed by atoms with Crippen LogP contribution in [0.1, 0.15) is 13.3 Å². The molecule has 1 atom stereocenters. The highest BCUT2D eigenvalue weighted by Gasteiger charge is 1.92. The van der Waals surface area contributed by atoms with E-state index in [1.807, 2.05) is 6.92 Å². The second kappa shape index (κ2) is 3.69. The number of hydrogen-bond donors (Lipinski definition) is 0. The molecule has 1 unspecified atom stereocenters. The molecule has 0 saturated heterocycles. The number of rotatable bonds is 2. The van der Waals surface area contributed by atoms with Gasteiger partial charge in [-0.05, 0) is 6.42 Å². The molecule has 0 heterocycles. The van der Waals surface area contributed by atoms with E-state index in [2.05, 4.69) is 4.74 Å². The molecular weight excluding hydrogens is 106 g/mol. The molecule has 0 amide bonds. The molecule has 2 nitrogen and oxygen atoms in total. The zero-order chi connectivity index (χ0) is 5.70. The van der Waals surface area contributed by atoms with Crippen molar-refractivity contribution in [2.45, 2.75) is 19.1 Å². The first-order valence-electron chi connectivity index (χ1n) is 2.36. The van der Waals surface area contributed by atoms with Crippen LogP contribution < -0.4 is 0 Å². The molecule has 0 rings (SSSR count). The summed E-state index contributed by atoms with van der Waals surface area (Å²) in [7, 11) is 0.955. The average Bonchev–Trinajstić information content (AvgIpc) is 1.68. The number of hydrogen-bond acceptors (Lipinski definition) is 2. The van der Waals surface area contributed by atoms with Crippen LogP contribution in [0, 0.1) is 11.5 Å². The summed E-state index contributed by atoms with van der Waals surface area (Å²) in [6.45, 7) is 2.01. The summed E-state index contributed by atoms with van der Waals surface area (Å²) in [5.41, 5.74) is 0.227. The van der Waals surface area contributed by atoms with Gasteiger partial charge in [-0.3, -0.25) is 0 Å². The van der Waals surface area contributed by atoms with Crippen LogP contribution in [0.2, 0.25) is 0 Å². The van der Waals surface area contributed by atoms with Crippen LogP contribution in [0.3, 0.4) is 0 Å². The Hall–Kier alpha value is -0.493. The van der Waals surface area contributed by atoms with Crippen molar-refractivity contribution in [3.05, 3.63) is 0 Å². The Bertz CT molecular complexity index is 78.2. The molecule has 0 aliphatic rings. The Kier molecular flexibility index (Phi) is 3.43. The summed E-state index contributed by atoms with van der Waals surface area (Å²) >= 11 is 0. The lowest BCUT2D eigenvalue weighted by Crippen LogP contribution is -2.06. The van der Waals surface area contributed by atoms with Crippen molar-refractivity contribution in [2.24, 2.45) is 0 Å². The Morgan fingerprint density at radius 3 is 2.71 bits per heavy atom. The van der Waals surface area contributed by atoms with Crippen LogP contribution in [0.25, 0.3) is 0 Å². The first kappa shape index (κ1) is 6.51. The average molecular weight is 115 g/mol. The van der Waals surface area contributed by atoms with Gasteiger partial charge in [0.2, 0.25) is 0 Å². The first-order valence-corrected chi connectivity index (χ1v) is 3.51. The fraction of sp³-hybridized carbons (Fsp3) is 0.750. The van der Waals surface area contributed by atoms with Crippen LogP contribution >= 0.6 is 0 Å². The van der Waals surface area contributed by atoms with Crippen LogP contribution in [0.15, 0.2) is 0 Å². The van der Waals surface area contributed by atoms with Crippen LogP contribution in [-0.2, 0) is 4.74 Å². The predicted octanol–water partition coefficient (Wildman–Crippen LogP) is -0.414. The summed E-state index contributed by atoms with van der Waals surface area (Å²) in [6.07, 6.45) is 2.61. The highest BCUT2D eigenvalue weighted by molar-refractivity contribution is 6.11. The van der Waals surface area contributed by atoms with Crippen molar-refractivity contribution in [3.63, 3.8) is 0 Å². The van der Waals surface area contributed by atoms with Gasteiger partial charge in [0, 0.05) is 0 Å². The molecule has 0 aromatic carbocycles. The fourth-order valence-electron chi connectivity index (χ4n) is 0.173. The van der Waals surface area contributed by atoms with Crippen molar-refractivity contribution >= 4 is 10.2 Å². The second-order valence-electron chi connectivity index (χ2n) is 1.43. The lowest BCUT2D eigenvalue weighted by Gasteiger charge is -2.00. The molecule has 0 N–H and O–H groups in total. The normalized spacial score (nSPS) is 12.6. The highest BCUT2D eigenvalue weighted by atomic mass is 28.1. The lowest BCUT2D eigenvalue weighted by molar-refractivity contribution is 0.231. The summed E-state index contributed by atoms with van der Waals surface area (Å²) in [5, 5.41) is 7.92. The van der Waals surface area contributed by atoms with Gasteiger partial charge < -0.3 is 4.74 Å². The Balaban J connectivity index is 3.03.